The van der Waals surface area contributed by atoms with Gasteiger partial charge in [0, 0.05) is 44.3 Å². The number of nitrogens with one attached hydrogen (secondary N) is 2. The van der Waals surface area contributed by atoms with Gasteiger partial charge in [-0.2, -0.15) is 0 Å². The van der Waals surface area contributed by atoms with Gasteiger partial charge in [-0.05, 0) is 31.2 Å². The third kappa shape index (κ3) is 5.21. The number of hydrogen-bond donors (Lipinski definition) is 2. The predicted octanol–water partition coefficient (Wildman–Crippen LogP) is 2.47. The van der Waals surface area contributed by atoms with Gasteiger partial charge in [0.2, 0.25) is 0 Å². The van der Waals surface area contributed by atoms with Crippen LogP contribution in [0.3, 0.4) is 0 Å². The fourth-order valence-corrected chi connectivity index (χ4v) is 4.44. The molecular weight excluding hydrogens is 450 g/mol. The number of amides is 1. The molecule has 172 valence electrons. The van der Waals surface area contributed by atoms with Crippen LogP contribution in [0, 0.1) is 6.92 Å². The molecule has 0 spiro atoms. The summed E-state index contributed by atoms with van der Waals surface area (Å²) in [5.74, 6) is 2.39. The molecule has 0 bridgehead atoms. The van der Waals surface area contributed by atoms with E-state index in [0.29, 0.717) is 53.4 Å². The highest BCUT2D eigenvalue weighted by Gasteiger charge is 2.20. The molecule has 0 radical (unpaired) electrons. The van der Waals surface area contributed by atoms with Crippen molar-refractivity contribution in [3.63, 3.8) is 0 Å². The number of hydrogen-bond acceptors (Lipinski definition) is 10. The van der Waals surface area contributed by atoms with Crippen molar-refractivity contribution in [1.82, 2.24) is 40.1 Å². The van der Waals surface area contributed by atoms with Gasteiger partial charge in [-0.15, -0.1) is 11.3 Å². The molecule has 2 N–H and O–H groups in total. The first-order chi connectivity index (χ1) is 16.6. The highest BCUT2D eigenvalue weighted by molar-refractivity contribution is 7.13. The number of carbonyl (C=O) groups is 1. The molecule has 0 saturated carbocycles. The summed E-state index contributed by atoms with van der Waals surface area (Å²) in [4.78, 5) is 41.9. The van der Waals surface area contributed by atoms with Crippen molar-refractivity contribution >= 4 is 28.9 Å². The molecular formula is C23H23N9OS. The van der Waals surface area contributed by atoms with E-state index >= 15 is 0 Å². The Morgan fingerprint density at radius 2 is 1.82 bits per heavy atom. The minimum atomic E-state index is 0.0317. The Morgan fingerprint density at radius 1 is 1.03 bits per heavy atom. The molecule has 0 aliphatic carbocycles. The molecule has 4 aromatic heterocycles. The van der Waals surface area contributed by atoms with Crippen molar-refractivity contribution in [3.05, 3.63) is 70.3 Å². The predicted molar refractivity (Wildman–Crippen MR) is 129 cm³/mol. The Morgan fingerprint density at radius 3 is 2.65 bits per heavy atom. The zero-order valence-electron chi connectivity index (χ0n) is 18.6. The minimum absolute atomic E-state index is 0.0317. The maximum atomic E-state index is 12.7. The van der Waals surface area contributed by atoms with Gasteiger partial charge in [0.25, 0.3) is 5.91 Å². The third-order valence-electron chi connectivity index (χ3n) is 5.21. The Balaban J connectivity index is 1.27. The third-order valence-corrected chi connectivity index (χ3v) is 6.20. The van der Waals surface area contributed by atoms with Crippen LogP contribution in [-0.2, 0) is 6.42 Å². The molecule has 1 aliphatic heterocycles. The van der Waals surface area contributed by atoms with Gasteiger partial charge in [-0.25, -0.2) is 29.9 Å². The summed E-state index contributed by atoms with van der Waals surface area (Å²) in [6.45, 7) is 5.00. The second kappa shape index (κ2) is 9.98. The van der Waals surface area contributed by atoms with Crippen molar-refractivity contribution in [3.8, 4) is 11.5 Å². The van der Waals surface area contributed by atoms with E-state index in [0.717, 1.165) is 23.8 Å². The molecule has 1 saturated heterocycles. The van der Waals surface area contributed by atoms with Gasteiger partial charge >= 0.3 is 0 Å². The quantitative estimate of drug-likeness (QED) is 0.435. The van der Waals surface area contributed by atoms with Crippen molar-refractivity contribution in [1.29, 1.82) is 0 Å². The molecule has 5 rings (SSSR count). The molecule has 34 heavy (non-hydrogen) atoms. The summed E-state index contributed by atoms with van der Waals surface area (Å²) in [5.41, 5.74) is 1.61. The summed E-state index contributed by atoms with van der Waals surface area (Å²) >= 11 is 1.39. The molecule has 1 aliphatic rings. The van der Waals surface area contributed by atoms with E-state index in [9.17, 15) is 4.79 Å². The van der Waals surface area contributed by atoms with Crippen LogP contribution in [-0.4, -0.2) is 66.9 Å². The lowest BCUT2D eigenvalue weighted by Crippen LogP contribution is -2.46. The average molecular weight is 474 g/mol. The molecule has 0 atom stereocenters. The lowest BCUT2D eigenvalue weighted by Gasteiger charge is -2.26. The minimum Gasteiger partial charge on any atom is -0.335 e. The Kier molecular flexibility index (Phi) is 6.45. The van der Waals surface area contributed by atoms with Crippen LogP contribution >= 0.6 is 11.3 Å². The van der Waals surface area contributed by atoms with Crippen LogP contribution in [0.25, 0.3) is 11.5 Å². The first kappa shape index (κ1) is 22.0. The number of nitrogens with zero attached hydrogens (tertiary/aromatic N) is 7. The molecule has 11 heteroatoms. The fraction of sp³-hybridized carbons (Fsp3) is 0.261. The van der Waals surface area contributed by atoms with Gasteiger partial charge in [0.05, 0.1) is 12.6 Å². The summed E-state index contributed by atoms with van der Waals surface area (Å²) < 4.78 is 0. The van der Waals surface area contributed by atoms with E-state index in [2.05, 4.69) is 40.5 Å². The molecule has 10 nitrogen and oxygen atoms in total. The smallest absolute Gasteiger partial charge is 0.265 e. The van der Waals surface area contributed by atoms with E-state index in [1.54, 1.807) is 30.7 Å². The van der Waals surface area contributed by atoms with E-state index in [1.165, 1.54) is 11.3 Å². The first-order valence-corrected chi connectivity index (χ1v) is 11.8. The van der Waals surface area contributed by atoms with Crippen LogP contribution in [0.5, 0.6) is 0 Å². The monoisotopic (exact) mass is 473 g/mol. The number of anilines is 2. The second-order valence-electron chi connectivity index (χ2n) is 7.75. The standard InChI is InChI=1S/C23H23N9OS/c1-15-3-2-4-16(28-15)22-26-8-6-19(31-22)29-18-5-7-25-20(30-18)13-21-27-14-17(34-21)23(33)32-11-9-24-10-12-32/h2-8,14,24H,9-13H2,1H3,(H,25,26,29,30,31). The number of rotatable bonds is 6. The second-order valence-corrected chi connectivity index (χ2v) is 8.87. The number of thiazole rings is 1. The summed E-state index contributed by atoms with van der Waals surface area (Å²) in [6.07, 6.45) is 5.46. The number of aryl methyl sites for hydroxylation is 1. The van der Waals surface area contributed by atoms with Crippen molar-refractivity contribution in [2.45, 2.75) is 13.3 Å². The normalized spacial score (nSPS) is 13.6. The van der Waals surface area contributed by atoms with Crippen LogP contribution < -0.4 is 10.6 Å². The van der Waals surface area contributed by atoms with Crippen LogP contribution in [0.4, 0.5) is 11.6 Å². The number of pyridine rings is 1. The van der Waals surface area contributed by atoms with Crippen LogP contribution in [0.2, 0.25) is 0 Å². The summed E-state index contributed by atoms with van der Waals surface area (Å²) in [5, 5.41) is 7.26. The van der Waals surface area contributed by atoms with E-state index in [1.807, 2.05) is 30.0 Å². The molecule has 0 aromatic carbocycles. The number of piperazine rings is 1. The van der Waals surface area contributed by atoms with E-state index in [4.69, 9.17) is 0 Å². The summed E-state index contributed by atoms with van der Waals surface area (Å²) in [6, 6.07) is 9.29. The summed E-state index contributed by atoms with van der Waals surface area (Å²) in [7, 11) is 0. The topological polar surface area (TPSA) is 122 Å². The lowest BCUT2D eigenvalue weighted by atomic mass is 10.3. The molecule has 4 aromatic rings. The van der Waals surface area contributed by atoms with Crippen molar-refractivity contribution in [2.24, 2.45) is 0 Å². The van der Waals surface area contributed by atoms with Gasteiger partial charge in [-0.3, -0.25) is 4.79 Å². The highest BCUT2D eigenvalue weighted by atomic mass is 32.1. The van der Waals surface area contributed by atoms with Gasteiger partial charge in [-0.1, -0.05) is 6.07 Å². The van der Waals surface area contributed by atoms with Crippen molar-refractivity contribution < 1.29 is 4.79 Å². The molecule has 1 fully saturated rings. The van der Waals surface area contributed by atoms with Crippen LogP contribution in [0.15, 0.2) is 48.9 Å². The van der Waals surface area contributed by atoms with E-state index < -0.39 is 0 Å². The van der Waals surface area contributed by atoms with Gasteiger partial charge < -0.3 is 15.5 Å². The zero-order chi connectivity index (χ0) is 23.3. The fourth-order valence-electron chi connectivity index (χ4n) is 3.55. The SMILES string of the molecule is Cc1cccc(-c2nccc(Nc3ccnc(Cc4ncc(C(=O)N5CCNCC5)s4)n3)n2)n1. The average Bonchev–Trinajstić information content (AvgIpc) is 3.33. The Labute approximate surface area is 200 Å². The molecule has 0 unspecified atom stereocenters. The lowest BCUT2D eigenvalue weighted by molar-refractivity contribution is 0.0740. The van der Waals surface area contributed by atoms with Crippen molar-refractivity contribution in [2.75, 3.05) is 31.5 Å². The highest BCUT2D eigenvalue weighted by Crippen LogP contribution is 2.20. The van der Waals surface area contributed by atoms with Gasteiger partial charge in [0.1, 0.15) is 33.0 Å². The number of carbonyl (C=O) groups excluding carboxylic acids is 1. The maximum absolute atomic E-state index is 12.7. The molecule has 1 amide bonds. The zero-order valence-corrected chi connectivity index (χ0v) is 19.4. The number of aromatic nitrogens is 6. The Bertz CT molecular complexity index is 1300. The molecule has 5 heterocycles. The largest absolute Gasteiger partial charge is 0.335 e. The first-order valence-electron chi connectivity index (χ1n) is 10.9. The van der Waals surface area contributed by atoms with Crippen LogP contribution in [0.1, 0.15) is 26.2 Å². The van der Waals surface area contributed by atoms with Gasteiger partial charge in [0.15, 0.2) is 5.82 Å². The Hall–Kier alpha value is -3.83. The maximum Gasteiger partial charge on any atom is 0.265 e. The van der Waals surface area contributed by atoms with E-state index in [-0.39, 0.29) is 5.91 Å².